The molecular weight excluding hydrogens is 585 g/mol. The van der Waals surface area contributed by atoms with Crippen LogP contribution in [0.3, 0.4) is 0 Å². The van der Waals surface area contributed by atoms with Crippen LogP contribution >= 0.6 is 22.6 Å². The fourth-order valence-electron chi connectivity index (χ4n) is 3.95. The van der Waals surface area contributed by atoms with Crippen LogP contribution in [0.25, 0.3) is 14.5 Å². The van der Waals surface area contributed by atoms with Gasteiger partial charge in [-0.05, 0) is 77.8 Å². The van der Waals surface area contributed by atoms with Crippen molar-refractivity contribution in [1.82, 2.24) is 4.57 Å². The van der Waals surface area contributed by atoms with Crippen molar-refractivity contribution < 1.29 is 22.3 Å². The number of benzene rings is 2. The smallest absolute Gasteiger partial charge is 0.406 e. The third-order valence-corrected chi connectivity index (χ3v) is 6.17. The molecule has 9 heteroatoms. The summed E-state index contributed by atoms with van der Waals surface area (Å²) >= 11 is 2.12. The minimum atomic E-state index is -4.49. The lowest BCUT2D eigenvalue weighted by Gasteiger charge is -2.16. The second-order valence-electron chi connectivity index (χ2n) is 8.43. The predicted molar refractivity (Wildman–Crippen MR) is 147 cm³/mol. The quantitative estimate of drug-likeness (QED) is 0.147. The third-order valence-electron chi connectivity index (χ3n) is 5.55. The number of nitrogens with zero attached hydrogens (tertiary/aromatic N) is 1. The normalized spacial score (nSPS) is 12.1. The van der Waals surface area contributed by atoms with Gasteiger partial charge in [0, 0.05) is 20.7 Å². The molecule has 4 nitrogen and oxygen atoms in total. The molecule has 0 amide bonds. The molecule has 0 saturated heterocycles. The average molecular weight is 613 g/mol. The summed E-state index contributed by atoms with van der Waals surface area (Å²) in [6.45, 7) is 6.79. The Morgan fingerprint density at radius 2 is 1.94 bits per heavy atom. The van der Waals surface area contributed by atoms with Crippen LogP contribution in [-0.4, -0.2) is 30.4 Å². The van der Waals surface area contributed by atoms with E-state index in [1.807, 2.05) is 32.0 Å². The second-order valence-corrected chi connectivity index (χ2v) is 9.73. The van der Waals surface area contributed by atoms with Gasteiger partial charge in [-0.15, -0.1) is 0 Å². The van der Waals surface area contributed by atoms with Gasteiger partial charge in [-0.1, -0.05) is 31.9 Å². The summed E-state index contributed by atoms with van der Waals surface area (Å²) < 4.78 is 61.9. The summed E-state index contributed by atoms with van der Waals surface area (Å²) in [5.41, 5.74) is 2.37. The Morgan fingerprint density at radius 3 is 2.58 bits per heavy atom. The SMILES string of the molecule is C=C(I)c1ccc(NCC#Cc2cc3c(NC(C)CCC)cc(F)cc3n2CC(F)(F)F)c(OC)c1. The lowest BCUT2D eigenvalue weighted by molar-refractivity contribution is -0.140. The van der Waals surface area contributed by atoms with Gasteiger partial charge in [0.15, 0.2) is 0 Å². The van der Waals surface area contributed by atoms with Crippen molar-refractivity contribution >= 4 is 48.4 Å². The molecule has 192 valence electrons. The Labute approximate surface area is 222 Å². The van der Waals surface area contributed by atoms with Gasteiger partial charge in [-0.3, -0.25) is 0 Å². The Bertz CT molecular complexity index is 1300. The van der Waals surface area contributed by atoms with Gasteiger partial charge in [0.1, 0.15) is 18.1 Å². The van der Waals surface area contributed by atoms with Gasteiger partial charge in [0.25, 0.3) is 0 Å². The molecule has 3 aromatic rings. The standard InChI is InChI=1S/C27H28F4IN3O/c1-5-7-17(2)34-24-13-20(28)14-25-22(24)15-21(35(25)16-27(29,30)31)8-6-11-33-23-10-9-19(18(3)32)12-26(23)36-4/h9-10,12-15,17,33-34H,3,5,7,11,16H2,1-2,4H3. The van der Waals surface area contributed by atoms with Crippen LogP contribution in [0.15, 0.2) is 43.0 Å². The zero-order valence-electron chi connectivity index (χ0n) is 20.3. The summed E-state index contributed by atoms with van der Waals surface area (Å²) in [5.74, 6) is 5.71. The molecule has 1 aromatic heterocycles. The number of alkyl halides is 3. The summed E-state index contributed by atoms with van der Waals surface area (Å²) in [6, 6.07) is 9.61. The Balaban J connectivity index is 1.94. The number of nitrogens with one attached hydrogen (secondary N) is 2. The van der Waals surface area contributed by atoms with Gasteiger partial charge in [0.05, 0.1) is 30.6 Å². The summed E-state index contributed by atoms with van der Waals surface area (Å²) in [5, 5.41) is 6.85. The zero-order valence-corrected chi connectivity index (χ0v) is 22.5. The topological polar surface area (TPSA) is 38.2 Å². The number of rotatable bonds is 9. The van der Waals surface area contributed by atoms with Crippen LogP contribution in [-0.2, 0) is 6.54 Å². The Kier molecular flexibility index (Phi) is 9.17. The maximum absolute atomic E-state index is 14.4. The molecule has 0 saturated carbocycles. The van der Waals surface area contributed by atoms with Crippen LogP contribution in [0.2, 0.25) is 0 Å². The Hall–Kier alpha value is -2.87. The number of fused-ring (bicyclic) bond motifs is 1. The van der Waals surface area contributed by atoms with E-state index in [9.17, 15) is 17.6 Å². The first-order valence-electron chi connectivity index (χ1n) is 11.4. The molecule has 0 aliphatic heterocycles. The van der Waals surface area contributed by atoms with Crippen LogP contribution in [0.4, 0.5) is 28.9 Å². The molecule has 36 heavy (non-hydrogen) atoms. The number of halogens is 5. The van der Waals surface area contributed by atoms with E-state index in [1.165, 1.54) is 6.07 Å². The lowest BCUT2D eigenvalue weighted by atomic mass is 10.1. The van der Waals surface area contributed by atoms with Crippen LogP contribution in [0.5, 0.6) is 5.75 Å². The van der Waals surface area contributed by atoms with E-state index >= 15 is 0 Å². The fraction of sp³-hybridized carbons (Fsp3) is 0.333. The number of ether oxygens (including phenoxy) is 1. The van der Waals surface area contributed by atoms with Crippen molar-refractivity contribution in [1.29, 1.82) is 0 Å². The number of methoxy groups -OCH3 is 1. The van der Waals surface area contributed by atoms with Crippen LogP contribution in [0.1, 0.15) is 37.9 Å². The molecule has 1 unspecified atom stereocenters. The highest BCUT2D eigenvalue weighted by Gasteiger charge is 2.30. The molecule has 1 atom stereocenters. The third kappa shape index (κ3) is 7.09. The molecule has 3 rings (SSSR count). The maximum atomic E-state index is 14.4. The van der Waals surface area contributed by atoms with Crippen molar-refractivity contribution in [3.63, 3.8) is 0 Å². The molecule has 0 bridgehead atoms. The lowest BCUT2D eigenvalue weighted by Crippen LogP contribution is -2.19. The molecule has 2 N–H and O–H groups in total. The van der Waals surface area contributed by atoms with Gasteiger partial charge < -0.3 is 19.9 Å². The molecule has 0 fully saturated rings. The molecule has 0 spiro atoms. The number of anilines is 2. The largest absolute Gasteiger partial charge is 0.495 e. The van der Waals surface area contributed by atoms with Crippen molar-refractivity contribution in [2.75, 3.05) is 24.3 Å². The summed E-state index contributed by atoms with van der Waals surface area (Å²) in [4.78, 5) is 0. The van der Waals surface area contributed by atoms with Crippen LogP contribution in [0, 0.1) is 17.7 Å². The minimum absolute atomic E-state index is 0.0374. The van der Waals surface area contributed by atoms with E-state index < -0.39 is 18.5 Å². The van der Waals surface area contributed by atoms with Crippen molar-refractivity contribution in [2.45, 2.75) is 45.5 Å². The highest BCUT2D eigenvalue weighted by Crippen LogP contribution is 2.32. The predicted octanol–water partition coefficient (Wildman–Crippen LogP) is 7.82. The number of hydrogen-bond acceptors (Lipinski definition) is 3. The van der Waals surface area contributed by atoms with E-state index in [1.54, 1.807) is 13.2 Å². The van der Waals surface area contributed by atoms with E-state index in [0.29, 0.717) is 22.5 Å². The van der Waals surface area contributed by atoms with Gasteiger partial charge >= 0.3 is 6.18 Å². The van der Waals surface area contributed by atoms with Crippen molar-refractivity contribution in [3.8, 4) is 17.6 Å². The first-order valence-corrected chi connectivity index (χ1v) is 12.5. The molecular formula is C27H28F4IN3O. The highest BCUT2D eigenvalue weighted by atomic mass is 127. The first-order chi connectivity index (χ1) is 17.0. The van der Waals surface area contributed by atoms with Gasteiger partial charge in [0.2, 0.25) is 0 Å². The Morgan fingerprint density at radius 1 is 1.19 bits per heavy atom. The zero-order chi connectivity index (χ0) is 26.5. The molecule has 1 heterocycles. The molecule has 0 aliphatic rings. The first kappa shape index (κ1) is 27.7. The fourth-order valence-corrected chi connectivity index (χ4v) is 4.28. The second kappa shape index (κ2) is 11.9. The van der Waals surface area contributed by atoms with E-state index in [0.717, 1.165) is 32.6 Å². The van der Waals surface area contributed by atoms with E-state index in [-0.39, 0.29) is 23.8 Å². The van der Waals surface area contributed by atoms with E-state index in [2.05, 4.69) is 51.6 Å². The highest BCUT2D eigenvalue weighted by molar-refractivity contribution is 14.1. The summed E-state index contributed by atoms with van der Waals surface area (Å²) in [7, 11) is 1.55. The summed E-state index contributed by atoms with van der Waals surface area (Å²) in [6.07, 6.45) is -2.73. The average Bonchev–Trinajstić information content (AvgIpc) is 3.12. The molecule has 2 aromatic carbocycles. The number of aromatic nitrogens is 1. The monoisotopic (exact) mass is 613 g/mol. The van der Waals surface area contributed by atoms with Crippen molar-refractivity contribution in [3.05, 3.63) is 60.1 Å². The van der Waals surface area contributed by atoms with Crippen molar-refractivity contribution in [2.24, 2.45) is 0 Å². The molecule has 0 aliphatic carbocycles. The van der Waals surface area contributed by atoms with Gasteiger partial charge in [-0.2, -0.15) is 13.2 Å². The minimum Gasteiger partial charge on any atom is -0.495 e. The number of hydrogen-bond donors (Lipinski definition) is 2. The molecule has 0 radical (unpaired) electrons. The van der Waals surface area contributed by atoms with Crippen LogP contribution < -0.4 is 15.4 Å². The maximum Gasteiger partial charge on any atom is 0.406 e. The van der Waals surface area contributed by atoms with E-state index in [4.69, 9.17) is 4.74 Å². The van der Waals surface area contributed by atoms with Gasteiger partial charge in [-0.25, -0.2) is 4.39 Å².